The summed E-state index contributed by atoms with van der Waals surface area (Å²) in [5, 5.41) is 3.57. The van der Waals surface area contributed by atoms with Crippen molar-refractivity contribution < 1.29 is 0 Å². The van der Waals surface area contributed by atoms with Crippen LogP contribution in [0.2, 0.25) is 0 Å². The average molecular weight is 169 g/mol. The summed E-state index contributed by atoms with van der Waals surface area (Å²) in [5.74, 6) is 0.836. The van der Waals surface area contributed by atoms with E-state index in [2.05, 4.69) is 33.0 Å². The molecule has 0 spiro atoms. The first kappa shape index (κ1) is 10.0. The molecular weight excluding hydrogens is 146 g/mol. The van der Waals surface area contributed by atoms with Crippen molar-refractivity contribution in [2.24, 2.45) is 11.3 Å². The second-order valence-electron chi connectivity index (χ2n) is 5.32. The zero-order chi connectivity index (χ0) is 9.19. The number of hydrogen-bond acceptors (Lipinski definition) is 1. The monoisotopic (exact) mass is 169 g/mol. The minimum absolute atomic E-state index is 0.565. The molecule has 1 fully saturated rings. The third-order valence-electron chi connectivity index (χ3n) is 2.97. The molecule has 1 heteroatoms. The average Bonchev–Trinajstić information content (AvgIpc) is 1.95. The van der Waals surface area contributed by atoms with Gasteiger partial charge in [0.05, 0.1) is 0 Å². The molecule has 1 nitrogen and oxygen atoms in total. The van der Waals surface area contributed by atoms with Gasteiger partial charge in [0.25, 0.3) is 0 Å². The van der Waals surface area contributed by atoms with Gasteiger partial charge < -0.3 is 5.32 Å². The van der Waals surface area contributed by atoms with Crippen molar-refractivity contribution in [3.63, 3.8) is 0 Å². The van der Waals surface area contributed by atoms with Crippen LogP contribution in [-0.2, 0) is 0 Å². The molecular formula is C11H23N. The lowest BCUT2D eigenvalue weighted by Gasteiger charge is -2.33. The Morgan fingerprint density at radius 3 is 2.58 bits per heavy atom. The van der Waals surface area contributed by atoms with E-state index in [0.717, 1.165) is 5.92 Å². The van der Waals surface area contributed by atoms with Crippen molar-refractivity contribution in [3.05, 3.63) is 0 Å². The SMILES string of the molecule is CC1CNC(C)CCC(C)(C)C1. The Kier molecular flexibility index (Phi) is 3.16. The van der Waals surface area contributed by atoms with Crippen molar-refractivity contribution in [1.82, 2.24) is 5.32 Å². The summed E-state index contributed by atoms with van der Waals surface area (Å²) in [5.41, 5.74) is 0.565. The number of rotatable bonds is 0. The second kappa shape index (κ2) is 3.78. The summed E-state index contributed by atoms with van der Waals surface area (Å²) in [4.78, 5) is 0. The molecule has 1 aliphatic rings. The lowest BCUT2D eigenvalue weighted by molar-refractivity contribution is 0.211. The molecule has 0 aromatic rings. The highest BCUT2D eigenvalue weighted by Gasteiger charge is 2.24. The van der Waals surface area contributed by atoms with E-state index in [1.807, 2.05) is 0 Å². The molecule has 2 unspecified atom stereocenters. The zero-order valence-corrected chi connectivity index (χ0v) is 8.98. The van der Waals surface area contributed by atoms with Crippen LogP contribution in [0.1, 0.15) is 47.0 Å². The van der Waals surface area contributed by atoms with E-state index < -0.39 is 0 Å². The fraction of sp³-hybridized carbons (Fsp3) is 1.00. The van der Waals surface area contributed by atoms with E-state index in [-0.39, 0.29) is 0 Å². The van der Waals surface area contributed by atoms with Gasteiger partial charge in [-0.2, -0.15) is 0 Å². The molecule has 0 amide bonds. The van der Waals surface area contributed by atoms with Gasteiger partial charge >= 0.3 is 0 Å². The summed E-state index contributed by atoms with van der Waals surface area (Å²) in [6.45, 7) is 10.7. The van der Waals surface area contributed by atoms with Gasteiger partial charge in [0.15, 0.2) is 0 Å². The maximum absolute atomic E-state index is 3.57. The van der Waals surface area contributed by atoms with E-state index in [1.54, 1.807) is 0 Å². The molecule has 0 aliphatic carbocycles. The second-order valence-corrected chi connectivity index (χ2v) is 5.32. The van der Waals surface area contributed by atoms with Crippen LogP contribution >= 0.6 is 0 Å². The molecule has 1 rings (SSSR count). The van der Waals surface area contributed by atoms with Crippen LogP contribution in [-0.4, -0.2) is 12.6 Å². The number of hydrogen-bond donors (Lipinski definition) is 1. The van der Waals surface area contributed by atoms with Crippen LogP contribution in [0.3, 0.4) is 0 Å². The predicted octanol–water partition coefficient (Wildman–Crippen LogP) is 2.81. The summed E-state index contributed by atoms with van der Waals surface area (Å²) in [6, 6.07) is 0.715. The molecule has 0 radical (unpaired) electrons. The Bertz CT molecular complexity index is 140. The molecule has 0 bridgehead atoms. The van der Waals surface area contributed by atoms with Crippen molar-refractivity contribution in [1.29, 1.82) is 0 Å². The minimum atomic E-state index is 0.565. The summed E-state index contributed by atoms with van der Waals surface area (Å²) in [7, 11) is 0. The first-order chi connectivity index (χ1) is 5.49. The van der Waals surface area contributed by atoms with Crippen LogP contribution < -0.4 is 5.32 Å². The van der Waals surface area contributed by atoms with Gasteiger partial charge in [-0.3, -0.25) is 0 Å². The lowest BCUT2D eigenvalue weighted by Crippen LogP contribution is -2.36. The van der Waals surface area contributed by atoms with E-state index in [4.69, 9.17) is 0 Å². The first-order valence-corrected chi connectivity index (χ1v) is 5.23. The van der Waals surface area contributed by atoms with Crippen LogP contribution in [0.5, 0.6) is 0 Å². The predicted molar refractivity (Wildman–Crippen MR) is 54.3 cm³/mol. The zero-order valence-electron chi connectivity index (χ0n) is 8.98. The summed E-state index contributed by atoms with van der Waals surface area (Å²) in [6.07, 6.45) is 4.07. The Morgan fingerprint density at radius 2 is 1.92 bits per heavy atom. The standard InChI is InChI=1S/C11H23N/c1-9-7-11(3,4)6-5-10(2)12-8-9/h9-10,12H,5-8H2,1-4H3. The molecule has 1 aliphatic heterocycles. The van der Waals surface area contributed by atoms with Gasteiger partial charge in [-0.1, -0.05) is 20.8 Å². The van der Waals surface area contributed by atoms with Gasteiger partial charge in [-0.05, 0) is 44.1 Å². The molecule has 1 heterocycles. The van der Waals surface area contributed by atoms with Crippen molar-refractivity contribution in [3.8, 4) is 0 Å². The van der Waals surface area contributed by atoms with Gasteiger partial charge in [0.2, 0.25) is 0 Å². The normalized spacial score (nSPS) is 37.0. The smallest absolute Gasteiger partial charge is 0.00390 e. The minimum Gasteiger partial charge on any atom is -0.314 e. The molecule has 0 aromatic carbocycles. The quantitative estimate of drug-likeness (QED) is 0.588. The Balaban J connectivity index is 2.49. The molecule has 1 saturated heterocycles. The highest BCUT2D eigenvalue weighted by Crippen LogP contribution is 2.32. The molecule has 2 atom stereocenters. The fourth-order valence-corrected chi connectivity index (χ4v) is 2.23. The Morgan fingerprint density at radius 1 is 1.25 bits per heavy atom. The fourth-order valence-electron chi connectivity index (χ4n) is 2.23. The van der Waals surface area contributed by atoms with E-state index in [9.17, 15) is 0 Å². The van der Waals surface area contributed by atoms with Crippen molar-refractivity contribution in [2.45, 2.75) is 53.0 Å². The van der Waals surface area contributed by atoms with E-state index in [0.29, 0.717) is 11.5 Å². The van der Waals surface area contributed by atoms with Crippen LogP contribution in [0.15, 0.2) is 0 Å². The maximum Gasteiger partial charge on any atom is 0.00390 e. The van der Waals surface area contributed by atoms with Crippen LogP contribution in [0.4, 0.5) is 0 Å². The molecule has 0 aromatic heterocycles. The lowest BCUT2D eigenvalue weighted by atomic mass is 9.77. The van der Waals surface area contributed by atoms with Gasteiger partial charge in [0.1, 0.15) is 0 Å². The maximum atomic E-state index is 3.57. The molecule has 0 saturated carbocycles. The van der Waals surface area contributed by atoms with Crippen LogP contribution in [0, 0.1) is 11.3 Å². The van der Waals surface area contributed by atoms with E-state index >= 15 is 0 Å². The highest BCUT2D eigenvalue weighted by molar-refractivity contribution is 4.78. The van der Waals surface area contributed by atoms with Gasteiger partial charge in [-0.15, -0.1) is 0 Å². The third-order valence-corrected chi connectivity index (χ3v) is 2.97. The van der Waals surface area contributed by atoms with Crippen molar-refractivity contribution >= 4 is 0 Å². The summed E-state index contributed by atoms with van der Waals surface area (Å²) >= 11 is 0. The largest absolute Gasteiger partial charge is 0.314 e. The Labute approximate surface area is 76.9 Å². The third kappa shape index (κ3) is 3.14. The molecule has 72 valence electrons. The summed E-state index contributed by atoms with van der Waals surface area (Å²) < 4.78 is 0. The van der Waals surface area contributed by atoms with E-state index in [1.165, 1.54) is 25.8 Å². The Hall–Kier alpha value is -0.0400. The van der Waals surface area contributed by atoms with Gasteiger partial charge in [0, 0.05) is 6.04 Å². The van der Waals surface area contributed by atoms with Crippen molar-refractivity contribution in [2.75, 3.05) is 6.54 Å². The molecule has 12 heavy (non-hydrogen) atoms. The number of nitrogens with one attached hydrogen (secondary N) is 1. The topological polar surface area (TPSA) is 12.0 Å². The van der Waals surface area contributed by atoms with Crippen LogP contribution in [0.25, 0.3) is 0 Å². The van der Waals surface area contributed by atoms with Gasteiger partial charge in [-0.25, -0.2) is 0 Å². The highest BCUT2D eigenvalue weighted by atomic mass is 14.9. The first-order valence-electron chi connectivity index (χ1n) is 5.23. The molecule has 1 N–H and O–H groups in total.